The van der Waals surface area contributed by atoms with Crippen LogP contribution in [0, 0.1) is 0 Å². The van der Waals surface area contributed by atoms with E-state index in [0.717, 1.165) is 12.1 Å². The summed E-state index contributed by atoms with van der Waals surface area (Å²) in [5.41, 5.74) is -0.438. The third kappa shape index (κ3) is 2.94. The first-order valence-electron chi connectivity index (χ1n) is 5.64. The third-order valence-electron chi connectivity index (χ3n) is 2.84. The highest BCUT2D eigenvalue weighted by atomic mass is 32.2. The van der Waals surface area contributed by atoms with Crippen molar-refractivity contribution in [2.45, 2.75) is 23.8 Å². The molecule has 0 spiro atoms. The van der Waals surface area contributed by atoms with Gasteiger partial charge in [0.25, 0.3) is 0 Å². The second-order valence-corrected chi connectivity index (χ2v) is 5.96. The number of nitrogens with one attached hydrogen (secondary N) is 1. The lowest BCUT2D eigenvalue weighted by Gasteiger charge is -2.13. The van der Waals surface area contributed by atoms with Gasteiger partial charge in [0.15, 0.2) is 0 Å². The number of benzene rings is 1. The van der Waals surface area contributed by atoms with Crippen molar-refractivity contribution in [2.75, 3.05) is 0 Å². The Morgan fingerprint density at radius 1 is 1.26 bits per heavy atom. The maximum atomic E-state index is 12.1. The Morgan fingerprint density at radius 3 is 2.47 bits per heavy atom. The van der Waals surface area contributed by atoms with Crippen LogP contribution in [0.5, 0.6) is 5.75 Å². The number of hydrogen-bond donors (Lipinski definition) is 3. The molecule has 0 unspecified atom stereocenters. The van der Waals surface area contributed by atoms with E-state index in [1.807, 2.05) is 12.2 Å². The number of aromatic hydroxyl groups is 1. The summed E-state index contributed by atoms with van der Waals surface area (Å²) in [6.45, 7) is 0. The van der Waals surface area contributed by atoms with Gasteiger partial charge in [-0.1, -0.05) is 12.2 Å². The number of carboxylic acid groups (broad SMARTS) is 1. The largest absolute Gasteiger partial charge is 0.507 e. The highest BCUT2D eigenvalue weighted by Crippen LogP contribution is 2.22. The minimum Gasteiger partial charge on any atom is -0.507 e. The molecule has 1 aromatic rings. The monoisotopic (exact) mass is 283 g/mol. The molecule has 0 saturated heterocycles. The standard InChI is InChI=1S/C12H13NO5S/c14-11-6-5-9(7-10(11)12(15)16)19(17,18)13-8-3-1-2-4-8/h1-2,5-8,13-14H,3-4H2,(H,15,16). The highest BCUT2D eigenvalue weighted by Gasteiger charge is 2.22. The quantitative estimate of drug-likeness (QED) is 0.717. The van der Waals surface area contributed by atoms with Crippen LogP contribution < -0.4 is 4.72 Å². The smallest absolute Gasteiger partial charge is 0.339 e. The van der Waals surface area contributed by atoms with E-state index in [9.17, 15) is 18.3 Å². The van der Waals surface area contributed by atoms with Crippen molar-refractivity contribution in [1.29, 1.82) is 0 Å². The third-order valence-corrected chi connectivity index (χ3v) is 4.36. The van der Waals surface area contributed by atoms with Crippen molar-refractivity contribution in [3.05, 3.63) is 35.9 Å². The van der Waals surface area contributed by atoms with E-state index < -0.39 is 27.3 Å². The fraction of sp³-hybridized carbons (Fsp3) is 0.250. The van der Waals surface area contributed by atoms with Crippen LogP contribution in [0.25, 0.3) is 0 Å². The molecule has 2 rings (SSSR count). The zero-order valence-electron chi connectivity index (χ0n) is 9.91. The number of hydrogen-bond acceptors (Lipinski definition) is 4. The zero-order chi connectivity index (χ0) is 14.0. The maximum absolute atomic E-state index is 12.1. The molecule has 0 atom stereocenters. The molecule has 6 nitrogen and oxygen atoms in total. The van der Waals surface area contributed by atoms with Gasteiger partial charge in [-0.15, -0.1) is 0 Å². The number of carboxylic acids is 1. The van der Waals surface area contributed by atoms with Crippen molar-refractivity contribution in [3.8, 4) is 5.75 Å². The van der Waals surface area contributed by atoms with Crippen molar-refractivity contribution < 1.29 is 23.4 Å². The van der Waals surface area contributed by atoms with Gasteiger partial charge < -0.3 is 10.2 Å². The molecular weight excluding hydrogens is 270 g/mol. The Balaban J connectivity index is 2.29. The van der Waals surface area contributed by atoms with Gasteiger partial charge in [-0.2, -0.15) is 0 Å². The van der Waals surface area contributed by atoms with Gasteiger partial charge in [0, 0.05) is 6.04 Å². The van der Waals surface area contributed by atoms with Gasteiger partial charge in [-0.05, 0) is 31.0 Å². The minimum absolute atomic E-state index is 0.172. The van der Waals surface area contributed by atoms with Gasteiger partial charge in [-0.25, -0.2) is 17.9 Å². The number of aromatic carboxylic acids is 1. The van der Waals surface area contributed by atoms with E-state index in [0.29, 0.717) is 12.8 Å². The molecule has 7 heteroatoms. The first-order chi connectivity index (χ1) is 8.90. The molecule has 1 aromatic carbocycles. The summed E-state index contributed by atoms with van der Waals surface area (Å²) in [5.74, 6) is -1.84. The van der Waals surface area contributed by atoms with Crippen LogP contribution in [0.3, 0.4) is 0 Å². The average Bonchev–Trinajstić information content (AvgIpc) is 2.80. The van der Waals surface area contributed by atoms with Crippen molar-refractivity contribution in [3.63, 3.8) is 0 Å². The summed E-state index contributed by atoms with van der Waals surface area (Å²) in [7, 11) is -3.78. The predicted octanol–water partition coefficient (Wildman–Crippen LogP) is 1.09. The second-order valence-electron chi connectivity index (χ2n) is 4.25. The van der Waals surface area contributed by atoms with Crippen LogP contribution in [0.15, 0.2) is 35.2 Å². The van der Waals surface area contributed by atoms with Crippen molar-refractivity contribution in [1.82, 2.24) is 4.72 Å². The molecule has 0 aromatic heterocycles. The molecule has 102 valence electrons. The number of carbonyl (C=O) groups is 1. The van der Waals surface area contributed by atoms with E-state index in [2.05, 4.69) is 4.72 Å². The van der Waals surface area contributed by atoms with Crippen LogP contribution in [0.2, 0.25) is 0 Å². The van der Waals surface area contributed by atoms with E-state index in [4.69, 9.17) is 5.11 Å². The van der Waals surface area contributed by atoms with E-state index in [1.54, 1.807) is 0 Å². The molecule has 0 radical (unpaired) electrons. The van der Waals surface area contributed by atoms with Crippen molar-refractivity contribution >= 4 is 16.0 Å². The number of phenols is 1. The molecule has 0 heterocycles. The number of sulfonamides is 1. The first kappa shape index (κ1) is 13.6. The Labute approximate surface area is 110 Å². The lowest BCUT2D eigenvalue weighted by molar-refractivity contribution is 0.0693. The Kier molecular flexibility index (Phi) is 3.59. The number of rotatable bonds is 4. The Hall–Kier alpha value is -1.86. The molecule has 0 amide bonds. The zero-order valence-corrected chi connectivity index (χ0v) is 10.7. The fourth-order valence-electron chi connectivity index (χ4n) is 1.85. The van der Waals surface area contributed by atoms with Gasteiger partial charge in [-0.3, -0.25) is 0 Å². The molecule has 1 aliphatic carbocycles. The summed E-state index contributed by atoms with van der Waals surface area (Å²) in [4.78, 5) is 10.7. The van der Waals surface area contributed by atoms with E-state index in [1.165, 1.54) is 6.07 Å². The summed E-state index contributed by atoms with van der Waals surface area (Å²) < 4.78 is 26.6. The van der Waals surface area contributed by atoms with E-state index in [-0.39, 0.29) is 10.9 Å². The molecule has 0 fully saturated rings. The van der Waals surface area contributed by atoms with Crippen LogP contribution >= 0.6 is 0 Å². The van der Waals surface area contributed by atoms with Gasteiger partial charge >= 0.3 is 5.97 Å². The molecule has 1 aliphatic rings. The summed E-state index contributed by atoms with van der Waals surface area (Å²) in [5, 5.41) is 18.2. The summed E-state index contributed by atoms with van der Waals surface area (Å²) in [6, 6.07) is 2.98. The molecule has 0 saturated carbocycles. The molecular formula is C12H13NO5S. The second kappa shape index (κ2) is 5.02. The average molecular weight is 283 g/mol. The highest BCUT2D eigenvalue weighted by molar-refractivity contribution is 7.89. The molecule has 0 aliphatic heterocycles. The Bertz CT molecular complexity index is 628. The fourth-order valence-corrected chi connectivity index (χ4v) is 3.14. The maximum Gasteiger partial charge on any atom is 0.339 e. The van der Waals surface area contributed by atoms with Crippen LogP contribution in [-0.2, 0) is 10.0 Å². The lowest BCUT2D eigenvalue weighted by Crippen LogP contribution is -2.32. The topological polar surface area (TPSA) is 104 Å². The predicted molar refractivity (Wildman–Crippen MR) is 67.5 cm³/mol. The van der Waals surface area contributed by atoms with Gasteiger partial charge in [0.05, 0.1) is 4.90 Å². The van der Waals surface area contributed by atoms with Crippen LogP contribution in [-0.4, -0.2) is 30.6 Å². The lowest BCUT2D eigenvalue weighted by atomic mass is 10.2. The molecule has 19 heavy (non-hydrogen) atoms. The SMILES string of the molecule is O=C(O)c1cc(S(=O)(=O)NC2CC=CC2)ccc1O. The Morgan fingerprint density at radius 2 is 1.89 bits per heavy atom. The molecule has 3 N–H and O–H groups in total. The van der Waals surface area contributed by atoms with Gasteiger partial charge in [0.1, 0.15) is 11.3 Å². The van der Waals surface area contributed by atoms with Crippen molar-refractivity contribution in [2.24, 2.45) is 0 Å². The van der Waals surface area contributed by atoms with Crippen LogP contribution in [0.4, 0.5) is 0 Å². The minimum atomic E-state index is -3.78. The summed E-state index contributed by atoms with van der Waals surface area (Å²) in [6.07, 6.45) is 4.99. The summed E-state index contributed by atoms with van der Waals surface area (Å²) >= 11 is 0. The molecule has 0 bridgehead atoms. The van der Waals surface area contributed by atoms with E-state index >= 15 is 0 Å². The van der Waals surface area contributed by atoms with Gasteiger partial charge in [0.2, 0.25) is 10.0 Å². The van der Waals surface area contributed by atoms with Crippen LogP contribution in [0.1, 0.15) is 23.2 Å². The normalized spacial score (nSPS) is 15.8. The first-order valence-corrected chi connectivity index (χ1v) is 7.12.